The average molecular weight is 440 g/mol. The number of hydrogen-bond acceptors (Lipinski definition) is 7. The smallest absolute Gasteiger partial charge is 0.294 e. The minimum absolute atomic E-state index is 0.151. The fourth-order valence-corrected chi connectivity index (χ4v) is 3.97. The SMILES string of the molecule is CCOc1ccc(NC(=O)CN2C(=O)S/C(=C/c3cc4c(cc3C)OCO4)C2=O)cc1. The van der Waals surface area contributed by atoms with Crippen molar-refractivity contribution in [3.05, 3.63) is 52.4 Å². The molecule has 3 amide bonds. The molecule has 0 saturated carbocycles. The van der Waals surface area contributed by atoms with E-state index < -0.39 is 17.1 Å². The first-order valence-corrected chi connectivity index (χ1v) is 10.4. The third kappa shape index (κ3) is 4.51. The standard InChI is InChI=1S/C22H20N2O6S/c1-3-28-16-6-4-15(5-7-16)23-20(25)11-24-21(26)19(31-22(24)27)10-14-9-18-17(8-13(14)2)29-12-30-18/h4-10H,3,11-12H2,1-2H3,(H,23,25)/b19-10+. The van der Waals surface area contributed by atoms with Gasteiger partial charge in [-0.15, -0.1) is 0 Å². The Hall–Kier alpha value is -3.46. The first-order valence-electron chi connectivity index (χ1n) is 9.63. The Kier molecular flexibility index (Phi) is 5.85. The summed E-state index contributed by atoms with van der Waals surface area (Å²) in [6.45, 7) is 4.09. The number of nitrogens with zero attached hydrogens (tertiary/aromatic N) is 1. The number of fused-ring (bicyclic) bond motifs is 1. The van der Waals surface area contributed by atoms with E-state index in [1.807, 2.05) is 19.9 Å². The second-order valence-corrected chi connectivity index (χ2v) is 7.83. The number of nitrogens with one attached hydrogen (secondary N) is 1. The van der Waals surface area contributed by atoms with Crippen molar-refractivity contribution in [1.29, 1.82) is 0 Å². The monoisotopic (exact) mass is 440 g/mol. The molecule has 0 unspecified atom stereocenters. The van der Waals surface area contributed by atoms with E-state index in [0.717, 1.165) is 27.8 Å². The molecule has 1 N–H and O–H groups in total. The number of aryl methyl sites for hydroxylation is 1. The summed E-state index contributed by atoms with van der Waals surface area (Å²) in [5.41, 5.74) is 2.17. The van der Waals surface area contributed by atoms with Crippen LogP contribution in [0.1, 0.15) is 18.1 Å². The molecule has 1 fully saturated rings. The Morgan fingerprint density at radius 2 is 1.90 bits per heavy atom. The van der Waals surface area contributed by atoms with Gasteiger partial charge in [-0.2, -0.15) is 0 Å². The molecular weight excluding hydrogens is 420 g/mol. The second-order valence-electron chi connectivity index (χ2n) is 6.84. The van der Waals surface area contributed by atoms with Gasteiger partial charge in [0.05, 0.1) is 11.5 Å². The van der Waals surface area contributed by atoms with Gasteiger partial charge in [0, 0.05) is 5.69 Å². The molecule has 2 aromatic rings. The number of thioether (sulfide) groups is 1. The molecule has 2 aromatic carbocycles. The summed E-state index contributed by atoms with van der Waals surface area (Å²) < 4.78 is 16.1. The van der Waals surface area contributed by atoms with Crippen molar-refractivity contribution in [3.8, 4) is 17.2 Å². The van der Waals surface area contributed by atoms with Crippen LogP contribution < -0.4 is 19.5 Å². The molecule has 9 heteroatoms. The van der Waals surface area contributed by atoms with Crippen LogP contribution in [0.15, 0.2) is 41.3 Å². The van der Waals surface area contributed by atoms with Gasteiger partial charge >= 0.3 is 0 Å². The van der Waals surface area contributed by atoms with Crippen LogP contribution in [0.3, 0.4) is 0 Å². The van der Waals surface area contributed by atoms with Gasteiger partial charge in [-0.05, 0) is 79.2 Å². The number of benzene rings is 2. The number of rotatable bonds is 6. The molecule has 0 atom stereocenters. The van der Waals surface area contributed by atoms with E-state index in [9.17, 15) is 14.4 Å². The van der Waals surface area contributed by atoms with Gasteiger partial charge in [-0.25, -0.2) is 0 Å². The second kappa shape index (κ2) is 8.73. The summed E-state index contributed by atoms with van der Waals surface area (Å²) in [7, 11) is 0. The van der Waals surface area contributed by atoms with Gasteiger partial charge < -0.3 is 19.5 Å². The van der Waals surface area contributed by atoms with Gasteiger partial charge in [-0.1, -0.05) is 0 Å². The summed E-state index contributed by atoms with van der Waals surface area (Å²) >= 11 is 0.804. The highest BCUT2D eigenvalue weighted by molar-refractivity contribution is 8.18. The van der Waals surface area contributed by atoms with Crippen LogP contribution in [-0.4, -0.2) is 41.9 Å². The molecule has 2 aliphatic rings. The molecule has 1 saturated heterocycles. The molecule has 2 aliphatic heterocycles. The first kappa shape index (κ1) is 20.8. The molecule has 8 nitrogen and oxygen atoms in total. The molecule has 0 bridgehead atoms. The highest BCUT2D eigenvalue weighted by Crippen LogP contribution is 2.38. The Bertz CT molecular complexity index is 1080. The van der Waals surface area contributed by atoms with E-state index in [2.05, 4.69) is 5.32 Å². The van der Waals surface area contributed by atoms with Crippen LogP contribution in [0, 0.1) is 6.92 Å². The van der Waals surface area contributed by atoms with Crippen LogP contribution in [0.5, 0.6) is 17.2 Å². The summed E-state index contributed by atoms with van der Waals surface area (Å²) in [5, 5.41) is 2.19. The summed E-state index contributed by atoms with van der Waals surface area (Å²) in [5.74, 6) is 0.954. The zero-order chi connectivity index (χ0) is 22.0. The van der Waals surface area contributed by atoms with E-state index in [0.29, 0.717) is 29.5 Å². The van der Waals surface area contributed by atoms with Crippen molar-refractivity contribution in [3.63, 3.8) is 0 Å². The third-order valence-electron chi connectivity index (χ3n) is 4.67. The minimum Gasteiger partial charge on any atom is -0.494 e. The van der Waals surface area contributed by atoms with Crippen molar-refractivity contribution < 1.29 is 28.6 Å². The number of carbonyl (C=O) groups excluding carboxylic acids is 3. The normalized spacial score (nSPS) is 16.2. The lowest BCUT2D eigenvalue weighted by atomic mass is 10.1. The van der Waals surface area contributed by atoms with Crippen LogP contribution in [0.4, 0.5) is 10.5 Å². The van der Waals surface area contributed by atoms with Crippen molar-refractivity contribution in [1.82, 2.24) is 4.90 Å². The number of amides is 3. The van der Waals surface area contributed by atoms with Gasteiger partial charge in [0.1, 0.15) is 12.3 Å². The average Bonchev–Trinajstić information content (AvgIpc) is 3.29. The van der Waals surface area contributed by atoms with E-state index in [4.69, 9.17) is 14.2 Å². The lowest BCUT2D eigenvalue weighted by Gasteiger charge is -2.13. The third-order valence-corrected chi connectivity index (χ3v) is 5.58. The molecule has 0 aliphatic carbocycles. The number of hydrogen-bond donors (Lipinski definition) is 1. The fraction of sp³-hybridized carbons (Fsp3) is 0.227. The largest absolute Gasteiger partial charge is 0.494 e. The number of ether oxygens (including phenoxy) is 3. The highest BCUT2D eigenvalue weighted by Gasteiger charge is 2.36. The molecule has 4 rings (SSSR count). The predicted octanol–water partition coefficient (Wildman–Crippen LogP) is 3.80. The van der Waals surface area contributed by atoms with Crippen molar-refractivity contribution >= 4 is 40.6 Å². The van der Waals surface area contributed by atoms with Gasteiger partial charge in [-0.3, -0.25) is 19.3 Å². The van der Waals surface area contributed by atoms with Gasteiger partial charge in [0.2, 0.25) is 12.7 Å². The minimum atomic E-state index is -0.506. The van der Waals surface area contributed by atoms with Crippen molar-refractivity contribution in [2.75, 3.05) is 25.3 Å². The van der Waals surface area contributed by atoms with Crippen LogP contribution >= 0.6 is 11.8 Å². The molecule has 2 heterocycles. The Morgan fingerprint density at radius 3 is 2.61 bits per heavy atom. The van der Waals surface area contributed by atoms with E-state index >= 15 is 0 Å². The van der Waals surface area contributed by atoms with Crippen LogP contribution in [-0.2, 0) is 9.59 Å². The summed E-state index contributed by atoms with van der Waals surface area (Å²) in [6, 6.07) is 10.4. The molecule has 0 aromatic heterocycles. The maximum Gasteiger partial charge on any atom is 0.294 e. The number of carbonyl (C=O) groups is 3. The van der Waals surface area contributed by atoms with E-state index in [1.165, 1.54) is 0 Å². The number of anilines is 1. The fourth-order valence-electron chi connectivity index (χ4n) is 3.14. The molecule has 31 heavy (non-hydrogen) atoms. The van der Waals surface area contributed by atoms with E-state index in [-0.39, 0.29) is 18.2 Å². The highest BCUT2D eigenvalue weighted by atomic mass is 32.2. The van der Waals surface area contributed by atoms with E-state index in [1.54, 1.807) is 36.4 Å². The zero-order valence-corrected chi connectivity index (χ0v) is 17.8. The molecular formula is C22H20N2O6S. The first-order chi connectivity index (χ1) is 14.9. The van der Waals surface area contributed by atoms with Gasteiger partial charge in [0.25, 0.3) is 11.1 Å². The van der Waals surface area contributed by atoms with Gasteiger partial charge in [0.15, 0.2) is 11.5 Å². The number of imide groups is 1. The Labute approximate surface area is 183 Å². The summed E-state index contributed by atoms with van der Waals surface area (Å²) in [6.07, 6.45) is 1.63. The molecule has 0 spiro atoms. The molecule has 160 valence electrons. The van der Waals surface area contributed by atoms with Crippen LogP contribution in [0.2, 0.25) is 0 Å². The maximum absolute atomic E-state index is 12.7. The maximum atomic E-state index is 12.7. The Balaban J connectivity index is 1.43. The quantitative estimate of drug-likeness (QED) is 0.683. The van der Waals surface area contributed by atoms with Crippen LogP contribution in [0.25, 0.3) is 6.08 Å². The lowest BCUT2D eigenvalue weighted by Crippen LogP contribution is -2.36. The Morgan fingerprint density at radius 1 is 1.19 bits per heavy atom. The lowest BCUT2D eigenvalue weighted by molar-refractivity contribution is -0.127. The zero-order valence-electron chi connectivity index (χ0n) is 17.0. The topological polar surface area (TPSA) is 94.2 Å². The molecule has 0 radical (unpaired) electrons. The van der Waals surface area contributed by atoms with Crippen molar-refractivity contribution in [2.24, 2.45) is 0 Å². The predicted molar refractivity (Wildman–Crippen MR) is 116 cm³/mol. The summed E-state index contributed by atoms with van der Waals surface area (Å²) in [4.78, 5) is 38.6. The van der Waals surface area contributed by atoms with Crippen molar-refractivity contribution in [2.45, 2.75) is 13.8 Å².